The molecule has 0 bridgehead atoms. The molecule has 0 fully saturated rings. The molecule has 0 spiro atoms. The molecule has 0 atom stereocenters. The van der Waals surface area contributed by atoms with Crippen LogP contribution in [0.15, 0.2) is 29.6 Å². The summed E-state index contributed by atoms with van der Waals surface area (Å²) in [5.74, 6) is -0.193. The molecule has 0 radical (unpaired) electrons. The highest BCUT2D eigenvalue weighted by Crippen LogP contribution is 2.30. The molecule has 1 heterocycles. The van der Waals surface area contributed by atoms with Crippen LogP contribution in [0.5, 0.6) is 0 Å². The van der Waals surface area contributed by atoms with Gasteiger partial charge in [0.15, 0.2) is 0 Å². The zero-order chi connectivity index (χ0) is 13.9. The molecule has 0 saturated carbocycles. The first-order chi connectivity index (χ1) is 9.01. The third-order valence-corrected chi connectivity index (χ3v) is 4.35. The summed E-state index contributed by atoms with van der Waals surface area (Å²) >= 11 is 1.68. The summed E-state index contributed by atoms with van der Waals surface area (Å²) in [4.78, 5) is 4.65. The van der Waals surface area contributed by atoms with E-state index in [4.69, 9.17) is 5.73 Å². The monoisotopic (exact) mass is 278 g/mol. The average Bonchev–Trinajstić information content (AvgIpc) is 2.82. The fraction of sp³-hybridized carbons (Fsp3) is 0.400. The number of nitrogens with two attached hydrogens (primary N) is 1. The number of thiazole rings is 1. The van der Waals surface area contributed by atoms with Crippen molar-refractivity contribution in [3.63, 3.8) is 0 Å². The summed E-state index contributed by atoms with van der Waals surface area (Å²) < 4.78 is 12.9. The van der Waals surface area contributed by atoms with Crippen molar-refractivity contribution in [1.29, 1.82) is 0 Å². The molecule has 2 aromatic rings. The van der Waals surface area contributed by atoms with Crippen molar-refractivity contribution in [2.45, 2.75) is 32.1 Å². The van der Waals surface area contributed by atoms with Crippen molar-refractivity contribution in [2.75, 3.05) is 6.54 Å². The second kappa shape index (κ2) is 5.80. The quantitative estimate of drug-likeness (QED) is 0.911. The van der Waals surface area contributed by atoms with E-state index >= 15 is 0 Å². The zero-order valence-corrected chi connectivity index (χ0v) is 12.1. The Morgan fingerprint density at radius 3 is 2.58 bits per heavy atom. The lowest BCUT2D eigenvalue weighted by atomic mass is 9.86. The van der Waals surface area contributed by atoms with Crippen LogP contribution in [0.2, 0.25) is 0 Å². The molecular formula is C15H19FN2S. The molecule has 19 heavy (non-hydrogen) atoms. The SMILES string of the molecule is CC(C)(Cc1ccc(F)cc1)c1nc(CCN)cs1. The molecule has 1 aromatic heterocycles. The summed E-state index contributed by atoms with van der Waals surface area (Å²) in [6, 6.07) is 6.69. The second-order valence-electron chi connectivity index (χ2n) is 5.37. The van der Waals surface area contributed by atoms with Crippen LogP contribution in [0.4, 0.5) is 4.39 Å². The predicted octanol–water partition coefficient (Wildman–Crippen LogP) is 3.30. The summed E-state index contributed by atoms with van der Waals surface area (Å²) in [5.41, 5.74) is 7.69. The summed E-state index contributed by atoms with van der Waals surface area (Å²) in [5, 5.41) is 3.19. The number of benzene rings is 1. The van der Waals surface area contributed by atoms with E-state index in [1.54, 1.807) is 11.3 Å². The molecule has 102 valence electrons. The molecule has 0 unspecified atom stereocenters. The van der Waals surface area contributed by atoms with Crippen LogP contribution in [0.3, 0.4) is 0 Å². The molecule has 2 N–H and O–H groups in total. The van der Waals surface area contributed by atoms with Crippen LogP contribution in [-0.4, -0.2) is 11.5 Å². The molecule has 0 aliphatic heterocycles. The Morgan fingerprint density at radius 1 is 1.26 bits per heavy atom. The highest BCUT2D eigenvalue weighted by Gasteiger charge is 2.24. The smallest absolute Gasteiger partial charge is 0.123 e. The molecule has 1 aromatic carbocycles. The third kappa shape index (κ3) is 3.61. The van der Waals surface area contributed by atoms with Crippen LogP contribution in [0, 0.1) is 5.82 Å². The molecule has 4 heteroatoms. The van der Waals surface area contributed by atoms with E-state index in [0.29, 0.717) is 6.54 Å². The highest BCUT2D eigenvalue weighted by atomic mass is 32.1. The normalized spacial score (nSPS) is 11.8. The number of hydrogen-bond donors (Lipinski definition) is 1. The molecule has 0 aliphatic carbocycles. The maximum atomic E-state index is 12.9. The predicted molar refractivity (Wildman–Crippen MR) is 78.0 cm³/mol. The van der Waals surface area contributed by atoms with Crippen molar-refractivity contribution in [1.82, 2.24) is 4.98 Å². The minimum absolute atomic E-state index is 0.0463. The Morgan fingerprint density at radius 2 is 1.95 bits per heavy atom. The average molecular weight is 278 g/mol. The topological polar surface area (TPSA) is 38.9 Å². The molecule has 0 aliphatic rings. The van der Waals surface area contributed by atoms with Gasteiger partial charge in [0, 0.05) is 17.2 Å². The first-order valence-corrected chi connectivity index (χ1v) is 7.28. The van der Waals surface area contributed by atoms with Gasteiger partial charge in [-0.3, -0.25) is 0 Å². The van der Waals surface area contributed by atoms with Crippen LogP contribution >= 0.6 is 11.3 Å². The van der Waals surface area contributed by atoms with Crippen molar-refractivity contribution in [3.8, 4) is 0 Å². The van der Waals surface area contributed by atoms with Crippen LogP contribution in [0.1, 0.15) is 30.1 Å². The maximum absolute atomic E-state index is 12.9. The Bertz CT molecular complexity index is 531. The Labute approximate surface area is 117 Å². The zero-order valence-electron chi connectivity index (χ0n) is 11.3. The van der Waals surface area contributed by atoms with Gasteiger partial charge in [-0.15, -0.1) is 11.3 Å². The van der Waals surface area contributed by atoms with Crippen LogP contribution in [-0.2, 0) is 18.3 Å². The number of rotatable bonds is 5. The number of nitrogens with zero attached hydrogens (tertiary/aromatic N) is 1. The molecule has 0 saturated heterocycles. The van der Waals surface area contributed by atoms with Gasteiger partial charge in [0.25, 0.3) is 0 Å². The van der Waals surface area contributed by atoms with E-state index in [9.17, 15) is 4.39 Å². The maximum Gasteiger partial charge on any atom is 0.123 e. The Kier molecular flexibility index (Phi) is 4.32. The van der Waals surface area contributed by atoms with E-state index < -0.39 is 0 Å². The number of halogens is 1. The van der Waals surface area contributed by atoms with Gasteiger partial charge in [-0.05, 0) is 30.7 Å². The van der Waals surface area contributed by atoms with E-state index in [0.717, 1.165) is 29.1 Å². The second-order valence-corrected chi connectivity index (χ2v) is 6.23. The van der Waals surface area contributed by atoms with Gasteiger partial charge in [0.2, 0.25) is 0 Å². The molecule has 0 amide bonds. The minimum atomic E-state index is -0.193. The first kappa shape index (κ1) is 14.2. The molecule has 2 rings (SSSR count). The van der Waals surface area contributed by atoms with Gasteiger partial charge in [-0.1, -0.05) is 26.0 Å². The Hall–Kier alpha value is -1.26. The van der Waals surface area contributed by atoms with Crippen LogP contribution < -0.4 is 5.73 Å². The van der Waals surface area contributed by atoms with Gasteiger partial charge >= 0.3 is 0 Å². The fourth-order valence-corrected chi connectivity index (χ4v) is 3.05. The lowest BCUT2D eigenvalue weighted by molar-refractivity contribution is 0.516. The Balaban J connectivity index is 2.14. The van der Waals surface area contributed by atoms with Crippen molar-refractivity contribution < 1.29 is 4.39 Å². The summed E-state index contributed by atoms with van der Waals surface area (Å²) in [7, 11) is 0. The van der Waals surface area contributed by atoms with E-state index in [2.05, 4.69) is 24.2 Å². The van der Waals surface area contributed by atoms with Crippen molar-refractivity contribution >= 4 is 11.3 Å². The minimum Gasteiger partial charge on any atom is -0.330 e. The third-order valence-electron chi connectivity index (χ3n) is 3.09. The van der Waals surface area contributed by atoms with E-state index in [1.165, 1.54) is 12.1 Å². The number of aromatic nitrogens is 1. The van der Waals surface area contributed by atoms with Crippen LogP contribution in [0.25, 0.3) is 0 Å². The lowest BCUT2D eigenvalue weighted by Crippen LogP contribution is -2.20. The van der Waals surface area contributed by atoms with Gasteiger partial charge in [-0.25, -0.2) is 9.37 Å². The highest BCUT2D eigenvalue weighted by molar-refractivity contribution is 7.09. The first-order valence-electron chi connectivity index (χ1n) is 6.40. The fourth-order valence-electron chi connectivity index (χ4n) is 2.07. The van der Waals surface area contributed by atoms with E-state index in [-0.39, 0.29) is 11.2 Å². The summed E-state index contributed by atoms with van der Waals surface area (Å²) in [6.07, 6.45) is 1.67. The molecular weight excluding hydrogens is 259 g/mol. The largest absolute Gasteiger partial charge is 0.330 e. The van der Waals surface area contributed by atoms with E-state index in [1.807, 2.05) is 12.1 Å². The van der Waals surface area contributed by atoms with Gasteiger partial charge in [0.1, 0.15) is 5.82 Å². The van der Waals surface area contributed by atoms with Gasteiger partial charge in [0.05, 0.1) is 10.7 Å². The van der Waals surface area contributed by atoms with Gasteiger partial charge < -0.3 is 5.73 Å². The standard InChI is InChI=1S/C15H19FN2S/c1-15(2,9-11-3-5-12(16)6-4-11)14-18-13(7-8-17)10-19-14/h3-6,10H,7-9,17H2,1-2H3. The lowest BCUT2D eigenvalue weighted by Gasteiger charge is -2.22. The molecule has 2 nitrogen and oxygen atoms in total. The van der Waals surface area contributed by atoms with Crippen molar-refractivity contribution in [2.24, 2.45) is 5.73 Å². The summed E-state index contributed by atoms with van der Waals surface area (Å²) in [6.45, 7) is 4.96. The van der Waals surface area contributed by atoms with Gasteiger partial charge in [-0.2, -0.15) is 0 Å². The van der Waals surface area contributed by atoms with Crippen molar-refractivity contribution in [3.05, 3.63) is 51.7 Å². The number of hydrogen-bond acceptors (Lipinski definition) is 3.